The fourth-order valence-electron chi connectivity index (χ4n) is 2.64. The number of nitrogens with two attached hydrogens (primary N) is 1. The molecular formula is C16H16N2O2S. The van der Waals surface area contributed by atoms with Gasteiger partial charge in [-0.05, 0) is 23.4 Å². The minimum atomic E-state index is -0.320. The number of benzene rings is 1. The number of primary amides is 1. The van der Waals surface area contributed by atoms with Crippen LogP contribution in [0.15, 0.2) is 41.8 Å². The predicted molar refractivity (Wildman–Crippen MR) is 83.0 cm³/mol. The van der Waals surface area contributed by atoms with E-state index in [1.807, 2.05) is 41.8 Å². The molecule has 0 unspecified atom stereocenters. The molecule has 0 aliphatic carbocycles. The van der Waals surface area contributed by atoms with Gasteiger partial charge in [0.2, 0.25) is 5.91 Å². The van der Waals surface area contributed by atoms with Crippen LogP contribution >= 0.6 is 11.3 Å². The lowest BCUT2D eigenvalue weighted by Gasteiger charge is -2.16. The van der Waals surface area contributed by atoms with Gasteiger partial charge >= 0.3 is 0 Å². The van der Waals surface area contributed by atoms with Crippen LogP contribution < -0.4 is 5.73 Å². The van der Waals surface area contributed by atoms with Crippen LogP contribution in [0.1, 0.15) is 16.1 Å². The topological polar surface area (TPSA) is 63.4 Å². The van der Waals surface area contributed by atoms with Gasteiger partial charge in [0.15, 0.2) is 0 Å². The quantitative estimate of drug-likeness (QED) is 0.945. The molecule has 1 aliphatic rings. The normalized spacial score (nSPS) is 17.9. The second kappa shape index (κ2) is 5.69. The molecule has 2 heterocycles. The molecule has 1 aliphatic heterocycles. The lowest BCUT2D eigenvalue weighted by molar-refractivity contribution is -0.121. The molecule has 1 aromatic carbocycles. The minimum Gasteiger partial charge on any atom is -0.369 e. The third-order valence-electron chi connectivity index (χ3n) is 3.82. The van der Waals surface area contributed by atoms with E-state index in [0.717, 1.165) is 16.0 Å². The maximum atomic E-state index is 12.7. The van der Waals surface area contributed by atoms with Gasteiger partial charge in [0.05, 0.1) is 10.8 Å². The fraction of sp³-hybridized carbons (Fsp3) is 0.250. The molecule has 2 amide bonds. The summed E-state index contributed by atoms with van der Waals surface area (Å²) in [5, 5.41) is 1.93. The summed E-state index contributed by atoms with van der Waals surface area (Å²) in [5.41, 5.74) is 7.31. The van der Waals surface area contributed by atoms with Gasteiger partial charge in [-0.25, -0.2) is 0 Å². The van der Waals surface area contributed by atoms with Gasteiger partial charge in [0.25, 0.3) is 5.91 Å². The van der Waals surface area contributed by atoms with Gasteiger partial charge in [-0.15, -0.1) is 11.3 Å². The number of hydrogen-bond donors (Lipinski definition) is 1. The number of thiophene rings is 1. The fourth-order valence-corrected chi connectivity index (χ4v) is 3.52. The van der Waals surface area contributed by atoms with Gasteiger partial charge in [-0.1, -0.05) is 30.3 Å². The van der Waals surface area contributed by atoms with Crippen LogP contribution in [-0.2, 0) is 4.79 Å². The van der Waals surface area contributed by atoms with E-state index in [1.54, 1.807) is 4.90 Å². The van der Waals surface area contributed by atoms with Gasteiger partial charge in [0, 0.05) is 18.7 Å². The molecule has 1 saturated heterocycles. The number of carbonyl (C=O) groups excluding carboxylic acids is 2. The smallest absolute Gasteiger partial charge is 0.264 e. The van der Waals surface area contributed by atoms with Crippen molar-refractivity contribution >= 4 is 23.2 Å². The van der Waals surface area contributed by atoms with Crippen molar-refractivity contribution in [2.45, 2.75) is 6.42 Å². The zero-order valence-electron chi connectivity index (χ0n) is 11.5. The number of likely N-dealkylation sites (tertiary alicyclic amines) is 1. The second-order valence-electron chi connectivity index (χ2n) is 5.17. The Kier molecular flexibility index (Phi) is 3.75. The van der Waals surface area contributed by atoms with Crippen molar-refractivity contribution in [3.8, 4) is 11.1 Å². The Morgan fingerprint density at radius 2 is 1.95 bits per heavy atom. The highest BCUT2D eigenvalue weighted by atomic mass is 32.1. The van der Waals surface area contributed by atoms with E-state index in [0.29, 0.717) is 19.5 Å². The molecule has 1 atom stereocenters. The Labute approximate surface area is 127 Å². The van der Waals surface area contributed by atoms with E-state index >= 15 is 0 Å². The molecule has 1 aromatic heterocycles. The Morgan fingerprint density at radius 1 is 1.19 bits per heavy atom. The van der Waals surface area contributed by atoms with Crippen molar-refractivity contribution in [3.05, 3.63) is 46.7 Å². The van der Waals surface area contributed by atoms with E-state index < -0.39 is 0 Å². The summed E-state index contributed by atoms with van der Waals surface area (Å²) in [4.78, 5) is 26.3. The molecule has 0 bridgehead atoms. The highest BCUT2D eigenvalue weighted by Crippen LogP contribution is 2.30. The molecule has 2 N–H and O–H groups in total. The Balaban J connectivity index is 1.84. The maximum Gasteiger partial charge on any atom is 0.264 e. The summed E-state index contributed by atoms with van der Waals surface area (Å²) < 4.78 is 0. The monoisotopic (exact) mass is 300 g/mol. The molecule has 108 valence electrons. The van der Waals surface area contributed by atoms with Crippen LogP contribution in [-0.4, -0.2) is 29.8 Å². The summed E-state index contributed by atoms with van der Waals surface area (Å²) >= 11 is 1.44. The first-order chi connectivity index (χ1) is 10.2. The average molecular weight is 300 g/mol. The molecule has 0 spiro atoms. The van der Waals surface area contributed by atoms with Gasteiger partial charge in [-0.3, -0.25) is 9.59 Å². The zero-order valence-corrected chi connectivity index (χ0v) is 12.3. The Morgan fingerprint density at radius 3 is 2.62 bits per heavy atom. The van der Waals surface area contributed by atoms with Crippen molar-refractivity contribution in [2.75, 3.05) is 13.1 Å². The molecule has 3 rings (SSSR count). The minimum absolute atomic E-state index is 0.00685. The van der Waals surface area contributed by atoms with E-state index in [-0.39, 0.29) is 17.7 Å². The van der Waals surface area contributed by atoms with Crippen LogP contribution in [0.25, 0.3) is 11.1 Å². The average Bonchev–Trinajstić information content (AvgIpc) is 3.17. The molecule has 4 nitrogen and oxygen atoms in total. The number of nitrogens with zero attached hydrogens (tertiary/aromatic N) is 1. The standard InChI is InChI=1S/C16H16N2O2S/c17-15(19)12-6-8-18(10-12)16(20)14-13(7-9-21-14)11-4-2-1-3-5-11/h1-5,7,9,12H,6,8,10H2,(H2,17,19)/t12-/m0/s1. The van der Waals surface area contributed by atoms with Crippen molar-refractivity contribution < 1.29 is 9.59 Å². The van der Waals surface area contributed by atoms with E-state index in [9.17, 15) is 9.59 Å². The van der Waals surface area contributed by atoms with Crippen molar-refractivity contribution in [2.24, 2.45) is 11.7 Å². The summed E-state index contributed by atoms with van der Waals surface area (Å²) in [7, 11) is 0. The molecular weight excluding hydrogens is 284 g/mol. The summed E-state index contributed by atoms with van der Waals surface area (Å²) in [6.07, 6.45) is 0.660. The van der Waals surface area contributed by atoms with Crippen molar-refractivity contribution in [1.29, 1.82) is 0 Å². The zero-order chi connectivity index (χ0) is 14.8. The van der Waals surface area contributed by atoms with Gasteiger partial charge in [0.1, 0.15) is 0 Å². The highest BCUT2D eigenvalue weighted by Gasteiger charge is 2.31. The van der Waals surface area contributed by atoms with E-state index in [4.69, 9.17) is 5.73 Å². The van der Waals surface area contributed by atoms with Gasteiger partial charge < -0.3 is 10.6 Å². The summed E-state index contributed by atoms with van der Waals surface area (Å²) in [6, 6.07) is 11.8. The predicted octanol–water partition coefficient (Wildman–Crippen LogP) is 2.36. The maximum absolute atomic E-state index is 12.7. The SMILES string of the molecule is NC(=O)[C@H]1CCN(C(=O)c2sccc2-c2ccccc2)C1. The van der Waals surface area contributed by atoms with Crippen molar-refractivity contribution in [3.63, 3.8) is 0 Å². The van der Waals surface area contributed by atoms with Gasteiger partial charge in [-0.2, -0.15) is 0 Å². The van der Waals surface area contributed by atoms with Crippen LogP contribution in [0, 0.1) is 5.92 Å². The Hall–Kier alpha value is -2.14. The lowest BCUT2D eigenvalue weighted by Crippen LogP contribution is -2.31. The third-order valence-corrected chi connectivity index (χ3v) is 4.72. The number of rotatable bonds is 3. The summed E-state index contributed by atoms with van der Waals surface area (Å²) in [5.74, 6) is -0.540. The molecule has 0 saturated carbocycles. The second-order valence-corrected chi connectivity index (χ2v) is 6.08. The first-order valence-corrected chi connectivity index (χ1v) is 7.76. The largest absolute Gasteiger partial charge is 0.369 e. The van der Waals surface area contributed by atoms with Crippen LogP contribution in [0.5, 0.6) is 0 Å². The molecule has 0 radical (unpaired) electrons. The van der Waals surface area contributed by atoms with E-state index in [1.165, 1.54) is 11.3 Å². The lowest BCUT2D eigenvalue weighted by atomic mass is 10.1. The molecule has 1 fully saturated rings. The number of amides is 2. The van der Waals surface area contributed by atoms with Crippen LogP contribution in [0.2, 0.25) is 0 Å². The number of hydrogen-bond acceptors (Lipinski definition) is 3. The molecule has 5 heteroatoms. The van der Waals surface area contributed by atoms with Crippen LogP contribution in [0.4, 0.5) is 0 Å². The van der Waals surface area contributed by atoms with E-state index in [2.05, 4.69) is 0 Å². The van der Waals surface area contributed by atoms with Crippen LogP contribution in [0.3, 0.4) is 0 Å². The molecule has 2 aromatic rings. The third kappa shape index (κ3) is 2.69. The molecule has 21 heavy (non-hydrogen) atoms. The Bertz CT molecular complexity index is 666. The van der Waals surface area contributed by atoms with Crippen molar-refractivity contribution in [1.82, 2.24) is 4.90 Å². The number of carbonyl (C=O) groups is 2. The first-order valence-electron chi connectivity index (χ1n) is 6.88. The highest BCUT2D eigenvalue weighted by molar-refractivity contribution is 7.12. The first kappa shape index (κ1) is 13.8. The summed E-state index contributed by atoms with van der Waals surface area (Å²) in [6.45, 7) is 1.03.